The third-order valence-corrected chi connectivity index (χ3v) is 3.40. The molecule has 1 aliphatic rings. The minimum absolute atomic E-state index is 0.366. The minimum Gasteiger partial charge on any atom is -0.477 e. The molecule has 0 unspecified atom stereocenters. The van der Waals surface area contributed by atoms with Gasteiger partial charge >= 0.3 is 0 Å². The fourth-order valence-electron chi connectivity index (χ4n) is 2.09. The molecule has 0 fully saturated rings. The minimum atomic E-state index is 0.366. The van der Waals surface area contributed by atoms with Crippen molar-refractivity contribution in [3.8, 4) is 5.88 Å². The topological polar surface area (TPSA) is 82.0 Å². The van der Waals surface area contributed by atoms with Gasteiger partial charge in [-0.1, -0.05) is 11.6 Å². The second-order valence-electron chi connectivity index (χ2n) is 4.69. The van der Waals surface area contributed by atoms with Crippen LogP contribution in [0.5, 0.6) is 5.88 Å². The van der Waals surface area contributed by atoms with Crippen LogP contribution in [0.15, 0.2) is 12.4 Å². The summed E-state index contributed by atoms with van der Waals surface area (Å²) in [5.41, 5.74) is 2.10. The van der Waals surface area contributed by atoms with E-state index >= 15 is 0 Å². The van der Waals surface area contributed by atoms with Crippen molar-refractivity contribution in [3.05, 3.63) is 34.5 Å². The predicted molar refractivity (Wildman–Crippen MR) is 80.9 cm³/mol. The van der Waals surface area contributed by atoms with Gasteiger partial charge in [0.15, 0.2) is 0 Å². The van der Waals surface area contributed by atoms with Crippen molar-refractivity contribution >= 4 is 17.5 Å². The molecule has 8 heteroatoms. The Kier molecular flexibility index (Phi) is 4.65. The zero-order valence-corrected chi connectivity index (χ0v) is 12.9. The van der Waals surface area contributed by atoms with Crippen molar-refractivity contribution in [2.45, 2.75) is 26.5 Å². The Hall–Kier alpha value is -1.99. The zero-order chi connectivity index (χ0) is 15.4. The highest BCUT2D eigenvalue weighted by Gasteiger charge is 2.12. The van der Waals surface area contributed by atoms with Gasteiger partial charge < -0.3 is 14.8 Å². The number of aromatic nitrogens is 4. The second-order valence-corrected chi connectivity index (χ2v) is 5.10. The summed E-state index contributed by atoms with van der Waals surface area (Å²) in [5, 5.41) is 3.46. The van der Waals surface area contributed by atoms with Crippen LogP contribution in [0, 0.1) is 0 Å². The summed E-state index contributed by atoms with van der Waals surface area (Å²) in [5.74, 6) is 1.49. The maximum Gasteiger partial charge on any atom is 0.237 e. The Morgan fingerprint density at radius 3 is 3.09 bits per heavy atom. The SMILES string of the molecule is CCOc1nc(NCc2ncc3c(n2)CCOC3)ncc1Cl. The van der Waals surface area contributed by atoms with Gasteiger partial charge in [-0.3, -0.25) is 0 Å². The largest absolute Gasteiger partial charge is 0.477 e. The molecular formula is C14H16ClN5O2. The first-order valence-electron chi connectivity index (χ1n) is 7.07. The standard InChI is InChI=1S/C14H16ClN5O2/c1-2-22-13-10(15)6-17-14(20-13)18-7-12-16-5-9-8-21-4-3-11(9)19-12/h5-6H,2-4,7-8H2,1H3,(H,17,18,20). The fraction of sp³-hybridized carbons (Fsp3) is 0.429. The molecule has 0 bridgehead atoms. The highest BCUT2D eigenvalue weighted by Crippen LogP contribution is 2.22. The average molecular weight is 322 g/mol. The maximum absolute atomic E-state index is 5.96. The van der Waals surface area contributed by atoms with Gasteiger partial charge in [-0.25, -0.2) is 15.0 Å². The van der Waals surface area contributed by atoms with Crippen molar-refractivity contribution in [1.29, 1.82) is 0 Å². The molecule has 0 radical (unpaired) electrons. The van der Waals surface area contributed by atoms with E-state index in [4.69, 9.17) is 21.1 Å². The number of halogens is 1. The Morgan fingerprint density at radius 2 is 2.23 bits per heavy atom. The van der Waals surface area contributed by atoms with Crippen LogP contribution in [0.25, 0.3) is 0 Å². The lowest BCUT2D eigenvalue weighted by Crippen LogP contribution is -2.15. The Bertz CT molecular complexity index is 668. The second kappa shape index (κ2) is 6.85. The smallest absolute Gasteiger partial charge is 0.237 e. The molecule has 3 rings (SSSR count). The van der Waals surface area contributed by atoms with Crippen LogP contribution >= 0.6 is 11.6 Å². The molecule has 0 amide bonds. The van der Waals surface area contributed by atoms with E-state index in [9.17, 15) is 0 Å². The third-order valence-electron chi connectivity index (χ3n) is 3.14. The summed E-state index contributed by atoms with van der Waals surface area (Å²) in [6, 6.07) is 0. The van der Waals surface area contributed by atoms with Crippen LogP contribution in [0.2, 0.25) is 5.02 Å². The van der Waals surface area contributed by atoms with Gasteiger partial charge in [-0.2, -0.15) is 4.98 Å². The first-order chi connectivity index (χ1) is 10.8. The molecule has 7 nitrogen and oxygen atoms in total. The van der Waals surface area contributed by atoms with Crippen molar-refractivity contribution < 1.29 is 9.47 Å². The summed E-state index contributed by atoms with van der Waals surface area (Å²) in [4.78, 5) is 17.2. The van der Waals surface area contributed by atoms with Crippen LogP contribution in [-0.2, 0) is 24.3 Å². The molecule has 2 aromatic rings. The monoisotopic (exact) mass is 321 g/mol. The van der Waals surface area contributed by atoms with E-state index in [2.05, 4.69) is 25.3 Å². The lowest BCUT2D eigenvalue weighted by atomic mass is 10.1. The summed E-state index contributed by atoms with van der Waals surface area (Å²) < 4.78 is 10.7. The number of nitrogens with one attached hydrogen (secondary N) is 1. The van der Waals surface area contributed by atoms with E-state index in [-0.39, 0.29) is 0 Å². The van der Waals surface area contributed by atoms with Gasteiger partial charge in [0, 0.05) is 18.2 Å². The number of hydrogen-bond donors (Lipinski definition) is 1. The molecule has 0 aliphatic carbocycles. The quantitative estimate of drug-likeness (QED) is 0.901. The average Bonchev–Trinajstić information content (AvgIpc) is 2.55. The van der Waals surface area contributed by atoms with E-state index < -0.39 is 0 Å². The van der Waals surface area contributed by atoms with E-state index in [1.165, 1.54) is 6.20 Å². The molecule has 116 valence electrons. The number of fused-ring (bicyclic) bond motifs is 1. The molecule has 2 aromatic heterocycles. The van der Waals surface area contributed by atoms with Crippen molar-refractivity contribution in [2.24, 2.45) is 0 Å². The van der Waals surface area contributed by atoms with E-state index in [1.54, 1.807) is 0 Å². The third kappa shape index (κ3) is 3.42. The lowest BCUT2D eigenvalue weighted by molar-refractivity contribution is 0.108. The molecule has 1 N–H and O–H groups in total. The summed E-state index contributed by atoms with van der Waals surface area (Å²) in [6.45, 7) is 4.08. The van der Waals surface area contributed by atoms with Crippen LogP contribution < -0.4 is 10.1 Å². The van der Waals surface area contributed by atoms with E-state index in [0.29, 0.717) is 49.0 Å². The highest BCUT2D eigenvalue weighted by atomic mass is 35.5. The number of ether oxygens (including phenoxy) is 2. The van der Waals surface area contributed by atoms with Crippen LogP contribution in [0.1, 0.15) is 24.0 Å². The first kappa shape index (κ1) is 14.9. The first-order valence-corrected chi connectivity index (χ1v) is 7.44. The molecule has 0 spiro atoms. The van der Waals surface area contributed by atoms with Crippen LogP contribution in [0.3, 0.4) is 0 Å². The molecular weight excluding hydrogens is 306 g/mol. The Labute approximate surface area is 133 Å². The number of anilines is 1. The van der Waals surface area contributed by atoms with Gasteiger partial charge in [0.1, 0.15) is 10.8 Å². The molecule has 0 saturated heterocycles. The fourth-order valence-corrected chi connectivity index (χ4v) is 2.23. The molecule has 0 aromatic carbocycles. The maximum atomic E-state index is 5.96. The number of nitrogens with zero attached hydrogens (tertiary/aromatic N) is 4. The Morgan fingerprint density at radius 1 is 1.32 bits per heavy atom. The summed E-state index contributed by atoms with van der Waals surface area (Å²) in [7, 11) is 0. The van der Waals surface area contributed by atoms with Gasteiger partial charge in [-0.05, 0) is 6.92 Å². The van der Waals surface area contributed by atoms with Crippen LogP contribution in [0.4, 0.5) is 5.95 Å². The summed E-state index contributed by atoms with van der Waals surface area (Å²) >= 11 is 5.96. The van der Waals surface area contributed by atoms with Gasteiger partial charge in [0.2, 0.25) is 11.8 Å². The van der Waals surface area contributed by atoms with Crippen molar-refractivity contribution in [3.63, 3.8) is 0 Å². The van der Waals surface area contributed by atoms with Gasteiger partial charge in [0.05, 0.1) is 38.3 Å². The molecule has 3 heterocycles. The lowest BCUT2D eigenvalue weighted by Gasteiger charge is -2.15. The van der Waals surface area contributed by atoms with E-state index in [1.807, 2.05) is 13.1 Å². The highest BCUT2D eigenvalue weighted by molar-refractivity contribution is 6.31. The van der Waals surface area contributed by atoms with Crippen LogP contribution in [-0.4, -0.2) is 33.1 Å². The molecule has 1 aliphatic heterocycles. The summed E-state index contributed by atoms with van der Waals surface area (Å²) in [6.07, 6.45) is 4.14. The zero-order valence-electron chi connectivity index (χ0n) is 12.2. The predicted octanol–water partition coefficient (Wildman–Crippen LogP) is 2.00. The molecule has 0 saturated carbocycles. The molecule has 0 atom stereocenters. The normalized spacial score (nSPS) is 13.5. The number of rotatable bonds is 5. The van der Waals surface area contributed by atoms with E-state index in [0.717, 1.165) is 17.7 Å². The molecule has 22 heavy (non-hydrogen) atoms. The van der Waals surface area contributed by atoms with Gasteiger partial charge in [-0.15, -0.1) is 0 Å². The number of hydrogen-bond acceptors (Lipinski definition) is 7. The van der Waals surface area contributed by atoms with Crippen molar-refractivity contribution in [2.75, 3.05) is 18.5 Å². The van der Waals surface area contributed by atoms with Crippen molar-refractivity contribution in [1.82, 2.24) is 19.9 Å². The Balaban J connectivity index is 1.68. The van der Waals surface area contributed by atoms with Gasteiger partial charge in [0.25, 0.3) is 0 Å².